The zero-order valence-electron chi connectivity index (χ0n) is 12.9. The molecular formula is C15H29NO3. The van der Waals surface area contributed by atoms with E-state index < -0.39 is 0 Å². The Bertz CT molecular complexity index is 271. The van der Waals surface area contributed by atoms with E-state index in [0.29, 0.717) is 24.5 Å². The van der Waals surface area contributed by atoms with Gasteiger partial charge in [-0.05, 0) is 24.2 Å². The van der Waals surface area contributed by atoms with Crippen LogP contribution in [0.3, 0.4) is 0 Å². The SMILES string of the molecule is CC(C)C(C)(C)CCCOC(=O)CN1CCOCC1. The summed E-state index contributed by atoms with van der Waals surface area (Å²) in [5.41, 5.74) is 0.316. The van der Waals surface area contributed by atoms with Crippen LogP contribution in [0.25, 0.3) is 0 Å². The minimum absolute atomic E-state index is 0.107. The molecule has 0 aliphatic carbocycles. The van der Waals surface area contributed by atoms with E-state index >= 15 is 0 Å². The van der Waals surface area contributed by atoms with Gasteiger partial charge in [0.15, 0.2) is 0 Å². The van der Waals surface area contributed by atoms with Crippen LogP contribution in [-0.4, -0.2) is 50.3 Å². The minimum Gasteiger partial charge on any atom is -0.465 e. The van der Waals surface area contributed by atoms with E-state index in [9.17, 15) is 4.79 Å². The summed E-state index contributed by atoms with van der Waals surface area (Å²) in [6.07, 6.45) is 2.04. The molecule has 4 heteroatoms. The van der Waals surface area contributed by atoms with Crippen molar-refractivity contribution in [2.75, 3.05) is 39.5 Å². The molecule has 0 aromatic heterocycles. The summed E-state index contributed by atoms with van der Waals surface area (Å²) in [4.78, 5) is 13.8. The van der Waals surface area contributed by atoms with Crippen molar-refractivity contribution in [2.24, 2.45) is 11.3 Å². The van der Waals surface area contributed by atoms with Crippen molar-refractivity contribution in [1.82, 2.24) is 4.90 Å². The van der Waals surface area contributed by atoms with Crippen molar-refractivity contribution in [3.8, 4) is 0 Å². The summed E-state index contributed by atoms with van der Waals surface area (Å²) in [6.45, 7) is 13.1. The van der Waals surface area contributed by atoms with Crippen LogP contribution in [0.4, 0.5) is 0 Å². The van der Waals surface area contributed by atoms with E-state index in [1.807, 2.05) is 0 Å². The van der Waals surface area contributed by atoms with Crippen LogP contribution in [-0.2, 0) is 14.3 Å². The molecule has 1 fully saturated rings. The number of carbonyl (C=O) groups is 1. The number of hydrogen-bond donors (Lipinski definition) is 0. The Balaban J connectivity index is 2.10. The molecule has 1 aliphatic heterocycles. The molecule has 0 bridgehead atoms. The topological polar surface area (TPSA) is 38.8 Å². The van der Waals surface area contributed by atoms with Crippen LogP contribution in [0, 0.1) is 11.3 Å². The van der Waals surface area contributed by atoms with Crippen LogP contribution in [0.2, 0.25) is 0 Å². The molecule has 1 aliphatic rings. The second kappa shape index (κ2) is 7.85. The number of esters is 1. The minimum atomic E-state index is -0.107. The van der Waals surface area contributed by atoms with Gasteiger partial charge in [-0.3, -0.25) is 9.69 Å². The molecular weight excluding hydrogens is 242 g/mol. The van der Waals surface area contributed by atoms with Crippen molar-refractivity contribution in [3.63, 3.8) is 0 Å². The van der Waals surface area contributed by atoms with Crippen LogP contribution < -0.4 is 0 Å². The molecule has 0 spiro atoms. The third kappa shape index (κ3) is 6.39. The zero-order chi connectivity index (χ0) is 14.3. The number of rotatable bonds is 7. The fraction of sp³-hybridized carbons (Fsp3) is 0.933. The maximum Gasteiger partial charge on any atom is 0.320 e. The fourth-order valence-corrected chi connectivity index (χ4v) is 1.99. The maximum atomic E-state index is 11.7. The Morgan fingerprint density at radius 3 is 2.53 bits per heavy atom. The van der Waals surface area contributed by atoms with Gasteiger partial charge in [0.2, 0.25) is 0 Å². The average Bonchev–Trinajstić information content (AvgIpc) is 2.36. The lowest BCUT2D eigenvalue weighted by Crippen LogP contribution is -2.40. The van der Waals surface area contributed by atoms with Crippen molar-refractivity contribution in [2.45, 2.75) is 40.5 Å². The first-order chi connectivity index (χ1) is 8.92. The predicted molar refractivity (Wildman–Crippen MR) is 76.1 cm³/mol. The number of hydrogen-bond acceptors (Lipinski definition) is 4. The third-order valence-electron chi connectivity index (χ3n) is 4.25. The maximum absolute atomic E-state index is 11.7. The van der Waals surface area contributed by atoms with Gasteiger partial charge in [-0.25, -0.2) is 0 Å². The zero-order valence-corrected chi connectivity index (χ0v) is 12.9. The van der Waals surface area contributed by atoms with E-state index in [-0.39, 0.29) is 5.97 Å². The largest absolute Gasteiger partial charge is 0.465 e. The molecule has 0 N–H and O–H groups in total. The molecule has 0 atom stereocenters. The van der Waals surface area contributed by atoms with Crippen molar-refractivity contribution < 1.29 is 14.3 Å². The molecule has 1 rings (SSSR count). The van der Waals surface area contributed by atoms with E-state index in [0.717, 1.165) is 39.1 Å². The van der Waals surface area contributed by atoms with Gasteiger partial charge in [0, 0.05) is 13.1 Å². The number of nitrogens with zero attached hydrogens (tertiary/aromatic N) is 1. The summed E-state index contributed by atoms with van der Waals surface area (Å²) in [7, 11) is 0. The van der Waals surface area contributed by atoms with Gasteiger partial charge in [0.1, 0.15) is 0 Å². The first-order valence-corrected chi connectivity index (χ1v) is 7.37. The van der Waals surface area contributed by atoms with Crippen molar-refractivity contribution in [1.29, 1.82) is 0 Å². The monoisotopic (exact) mass is 271 g/mol. The molecule has 0 unspecified atom stereocenters. The lowest BCUT2D eigenvalue weighted by molar-refractivity contribution is -0.146. The molecule has 4 nitrogen and oxygen atoms in total. The van der Waals surface area contributed by atoms with Crippen molar-refractivity contribution in [3.05, 3.63) is 0 Å². The highest BCUT2D eigenvalue weighted by molar-refractivity contribution is 5.71. The summed E-state index contributed by atoms with van der Waals surface area (Å²) in [5, 5.41) is 0. The Morgan fingerprint density at radius 2 is 1.95 bits per heavy atom. The van der Waals surface area contributed by atoms with Crippen LogP contribution in [0.15, 0.2) is 0 Å². The van der Waals surface area contributed by atoms with Gasteiger partial charge in [-0.15, -0.1) is 0 Å². The highest BCUT2D eigenvalue weighted by Gasteiger charge is 2.22. The van der Waals surface area contributed by atoms with E-state index in [2.05, 4.69) is 32.6 Å². The van der Waals surface area contributed by atoms with Crippen LogP contribution >= 0.6 is 0 Å². The Kier molecular flexibility index (Phi) is 6.80. The fourth-order valence-electron chi connectivity index (χ4n) is 1.99. The lowest BCUT2D eigenvalue weighted by Gasteiger charge is -2.29. The molecule has 0 aromatic rings. The number of ether oxygens (including phenoxy) is 2. The Morgan fingerprint density at radius 1 is 1.32 bits per heavy atom. The van der Waals surface area contributed by atoms with Crippen LogP contribution in [0.1, 0.15) is 40.5 Å². The quantitative estimate of drug-likeness (QED) is 0.526. The van der Waals surface area contributed by atoms with Crippen LogP contribution in [0.5, 0.6) is 0 Å². The summed E-state index contributed by atoms with van der Waals surface area (Å²) >= 11 is 0. The average molecular weight is 271 g/mol. The molecule has 1 heterocycles. The highest BCUT2D eigenvalue weighted by atomic mass is 16.5. The van der Waals surface area contributed by atoms with Gasteiger partial charge < -0.3 is 9.47 Å². The summed E-state index contributed by atoms with van der Waals surface area (Å²) < 4.78 is 10.5. The van der Waals surface area contributed by atoms with Gasteiger partial charge in [-0.1, -0.05) is 27.7 Å². The molecule has 112 valence electrons. The predicted octanol–water partition coefficient (Wildman–Crippen LogP) is 2.32. The van der Waals surface area contributed by atoms with Crippen molar-refractivity contribution >= 4 is 5.97 Å². The molecule has 0 saturated carbocycles. The van der Waals surface area contributed by atoms with Gasteiger partial charge >= 0.3 is 5.97 Å². The smallest absolute Gasteiger partial charge is 0.320 e. The van der Waals surface area contributed by atoms with Gasteiger partial charge in [0.25, 0.3) is 0 Å². The summed E-state index contributed by atoms with van der Waals surface area (Å²) in [6, 6.07) is 0. The first kappa shape index (κ1) is 16.4. The Hall–Kier alpha value is -0.610. The third-order valence-corrected chi connectivity index (χ3v) is 4.25. The summed E-state index contributed by atoms with van der Waals surface area (Å²) in [5.74, 6) is 0.542. The van der Waals surface area contributed by atoms with Gasteiger partial charge in [-0.2, -0.15) is 0 Å². The molecule has 19 heavy (non-hydrogen) atoms. The molecule has 0 amide bonds. The standard InChI is InChI=1S/C15H29NO3/c1-13(2)15(3,4)6-5-9-19-14(17)12-16-7-10-18-11-8-16/h13H,5-12H2,1-4H3. The second-order valence-corrected chi connectivity index (χ2v) is 6.36. The first-order valence-electron chi connectivity index (χ1n) is 7.37. The Labute approximate surface area is 117 Å². The lowest BCUT2D eigenvalue weighted by atomic mass is 9.77. The number of morpholine rings is 1. The number of carbonyl (C=O) groups excluding carboxylic acids is 1. The van der Waals surface area contributed by atoms with E-state index in [1.165, 1.54) is 0 Å². The van der Waals surface area contributed by atoms with Gasteiger partial charge in [0.05, 0.1) is 26.4 Å². The van der Waals surface area contributed by atoms with E-state index in [1.54, 1.807) is 0 Å². The molecule has 0 aromatic carbocycles. The molecule has 1 saturated heterocycles. The van der Waals surface area contributed by atoms with E-state index in [4.69, 9.17) is 9.47 Å². The second-order valence-electron chi connectivity index (χ2n) is 6.36. The normalized spacial score (nSPS) is 17.7. The molecule has 0 radical (unpaired) electrons. The highest BCUT2D eigenvalue weighted by Crippen LogP contribution is 2.31.